The van der Waals surface area contributed by atoms with E-state index in [0.29, 0.717) is 0 Å². The van der Waals surface area contributed by atoms with Gasteiger partial charge in [-0.3, -0.25) is 0 Å². The van der Waals surface area contributed by atoms with Crippen molar-refractivity contribution in [2.24, 2.45) is 9.98 Å². The zero-order valence-corrected chi connectivity index (χ0v) is 6.73. The van der Waals surface area contributed by atoms with Gasteiger partial charge in [0.1, 0.15) is 5.04 Å². The topological polar surface area (TPSA) is 41.8 Å². The summed E-state index contributed by atoms with van der Waals surface area (Å²) >= 11 is 1.55. The highest BCUT2D eigenvalue weighted by molar-refractivity contribution is 8.15. The molecular formula is C6H8N2OS. The van der Waals surface area contributed by atoms with Crippen LogP contribution in [0.4, 0.5) is 4.79 Å². The minimum absolute atomic E-state index is 0.367. The van der Waals surface area contributed by atoms with Gasteiger partial charge < -0.3 is 0 Å². The summed E-state index contributed by atoms with van der Waals surface area (Å²) in [5.41, 5.74) is 0.747. The van der Waals surface area contributed by atoms with Gasteiger partial charge in [0.15, 0.2) is 0 Å². The molecule has 0 aromatic heterocycles. The molecule has 2 amide bonds. The van der Waals surface area contributed by atoms with Gasteiger partial charge in [0.25, 0.3) is 0 Å². The van der Waals surface area contributed by atoms with E-state index in [-0.39, 0.29) is 6.03 Å². The first-order valence-electron chi connectivity index (χ1n) is 3.05. The number of carbonyl (C=O) groups is 1. The Morgan fingerprint density at radius 3 is 2.60 bits per heavy atom. The van der Waals surface area contributed by atoms with E-state index in [1.165, 1.54) is 0 Å². The van der Waals surface area contributed by atoms with Crippen LogP contribution in [0.25, 0.3) is 0 Å². The summed E-state index contributed by atoms with van der Waals surface area (Å²) in [5, 5.41) is 0.771. The molecule has 0 aliphatic carbocycles. The first kappa shape index (κ1) is 7.47. The molecule has 0 aromatic rings. The smallest absolute Gasteiger partial charge is 0.244 e. The molecule has 3 nitrogen and oxygen atoms in total. The van der Waals surface area contributed by atoms with Crippen LogP contribution >= 0.6 is 11.8 Å². The predicted octanol–water partition coefficient (Wildman–Crippen LogP) is 1.73. The molecule has 0 unspecified atom stereocenters. The third-order valence-electron chi connectivity index (χ3n) is 1.05. The maximum absolute atomic E-state index is 10.6. The van der Waals surface area contributed by atoms with Crippen LogP contribution in [0.1, 0.15) is 13.8 Å². The highest BCUT2D eigenvalue weighted by atomic mass is 32.2. The Labute approximate surface area is 63.6 Å². The number of amides is 2. The molecule has 1 aliphatic heterocycles. The lowest BCUT2D eigenvalue weighted by Gasteiger charge is -1.92. The van der Waals surface area contributed by atoms with Crippen molar-refractivity contribution in [3.63, 3.8) is 0 Å². The van der Waals surface area contributed by atoms with E-state index in [1.807, 2.05) is 6.92 Å². The third-order valence-corrected chi connectivity index (χ3v) is 2.00. The van der Waals surface area contributed by atoms with Crippen molar-refractivity contribution in [1.82, 2.24) is 0 Å². The van der Waals surface area contributed by atoms with E-state index >= 15 is 0 Å². The Morgan fingerprint density at radius 1 is 1.50 bits per heavy atom. The van der Waals surface area contributed by atoms with E-state index in [2.05, 4.69) is 9.98 Å². The summed E-state index contributed by atoms with van der Waals surface area (Å²) < 4.78 is 0. The summed E-state index contributed by atoms with van der Waals surface area (Å²) in [5.74, 6) is 0.930. The second kappa shape index (κ2) is 2.96. The number of carbonyl (C=O) groups excluding carboxylic acids is 1. The van der Waals surface area contributed by atoms with Crippen LogP contribution in [-0.2, 0) is 0 Å². The van der Waals surface area contributed by atoms with Gasteiger partial charge in [-0.2, -0.15) is 9.98 Å². The fraction of sp³-hybridized carbons (Fsp3) is 0.500. The zero-order valence-electron chi connectivity index (χ0n) is 5.92. The Kier molecular flexibility index (Phi) is 2.21. The number of rotatable bonds is 1. The third kappa shape index (κ3) is 1.44. The highest BCUT2D eigenvalue weighted by Gasteiger charge is 2.13. The SMILES string of the molecule is CCSC1=NC(=O)N=C1C. The normalized spacial score (nSPS) is 17.2. The lowest BCUT2D eigenvalue weighted by molar-refractivity contribution is 0.257. The van der Waals surface area contributed by atoms with Crippen molar-refractivity contribution >= 4 is 28.5 Å². The number of hydrogen-bond acceptors (Lipinski definition) is 2. The number of urea groups is 1. The van der Waals surface area contributed by atoms with Gasteiger partial charge in [0, 0.05) is 0 Å². The molecule has 0 spiro atoms. The Bertz CT molecular complexity index is 220. The van der Waals surface area contributed by atoms with E-state index in [4.69, 9.17) is 0 Å². The largest absolute Gasteiger partial charge is 0.368 e. The van der Waals surface area contributed by atoms with Crippen molar-refractivity contribution in [3.8, 4) is 0 Å². The summed E-state index contributed by atoms with van der Waals surface area (Å²) in [6.45, 7) is 3.82. The van der Waals surface area contributed by atoms with Crippen molar-refractivity contribution in [3.05, 3.63) is 0 Å². The highest BCUT2D eigenvalue weighted by Crippen LogP contribution is 2.11. The Morgan fingerprint density at radius 2 is 2.20 bits per heavy atom. The zero-order chi connectivity index (χ0) is 7.56. The molecule has 0 fully saturated rings. The van der Waals surface area contributed by atoms with Gasteiger partial charge >= 0.3 is 6.03 Å². The first-order chi connectivity index (χ1) is 4.74. The maximum atomic E-state index is 10.6. The monoisotopic (exact) mass is 156 g/mol. The van der Waals surface area contributed by atoms with Gasteiger partial charge in [-0.15, -0.1) is 11.8 Å². The van der Waals surface area contributed by atoms with Crippen LogP contribution in [0.15, 0.2) is 9.98 Å². The number of nitrogens with zero attached hydrogens (tertiary/aromatic N) is 2. The molecule has 0 bridgehead atoms. The fourth-order valence-corrected chi connectivity index (χ4v) is 1.33. The lowest BCUT2D eigenvalue weighted by Crippen LogP contribution is -2.00. The average Bonchev–Trinajstić information content (AvgIpc) is 2.13. The molecule has 1 aliphatic rings. The maximum Gasteiger partial charge on any atom is 0.368 e. The Hall–Kier alpha value is -0.640. The summed E-state index contributed by atoms with van der Waals surface area (Å²) in [4.78, 5) is 17.9. The van der Waals surface area contributed by atoms with Crippen molar-refractivity contribution in [2.75, 3.05) is 5.75 Å². The van der Waals surface area contributed by atoms with E-state index in [0.717, 1.165) is 16.5 Å². The van der Waals surface area contributed by atoms with Crippen molar-refractivity contribution in [2.45, 2.75) is 13.8 Å². The van der Waals surface area contributed by atoms with E-state index in [9.17, 15) is 4.79 Å². The molecule has 0 aromatic carbocycles. The van der Waals surface area contributed by atoms with Gasteiger partial charge in [0.05, 0.1) is 5.71 Å². The summed E-state index contributed by atoms with van der Waals surface area (Å²) in [6, 6.07) is -0.367. The quantitative estimate of drug-likeness (QED) is 0.580. The second-order valence-electron chi connectivity index (χ2n) is 1.83. The van der Waals surface area contributed by atoms with Crippen molar-refractivity contribution in [1.29, 1.82) is 0 Å². The standard InChI is InChI=1S/C6H8N2OS/c1-3-10-5-4(2)7-6(9)8-5/h3H2,1-2H3. The molecule has 0 N–H and O–H groups in total. The van der Waals surface area contributed by atoms with Crippen LogP contribution in [-0.4, -0.2) is 22.5 Å². The molecule has 4 heteroatoms. The van der Waals surface area contributed by atoms with Crippen LogP contribution in [0.5, 0.6) is 0 Å². The van der Waals surface area contributed by atoms with Crippen LogP contribution in [0, 0.1) is 0 Å². The van der Waals surface area contributed by atoms with Gasteiger partial charge in [-0.05, 0) is 12.7 Å². The number of hydrogen-bond donors (Lipinski definition) is 0. The summed E-state index contributed by atoms with van der Waals surface area (Å²) in [7, 11) is 0. The number of aliphatic imine (C=N–C) groups is 2. The van der Waals surface area contributed by atoms with Crippen LogP contribution in [0.3, 0.4) is 0 Å². The van der Waals surface area contributed by atoms with E-state index in [1.54, 1.807) is 18.7 Å². The predicted molar refractivity (Wildman–Crippen MR) is 44.1 cm³/mol. The average molecular weight is 156 g/mol. The minimum atomic E-state index is -0.367. The molecular weight excluding hydrogens is 148 g/mol. The minimum Gasteiger partial charge on any atom is -0.244 e. The molecule has 0 atom stereocenters. The fourth-order valence-electron chi connectivity index (χ4n) is 0.657. The molecule has 54 valence electrons. The molecule has 10 heavy (non-hydrogen) atoms. The van der Waals surface area contributed by atoms with Crippen LogP contribution in [0.2, 0.25) is 0 Å². The second-order valence-corrected chi connectivity index (χ2v) is 3.08. The Balaban J connectivity index is 2.70. The molecule has 0 saturated carbocycles. The lowest BCUT2D eigenvalue weighted by atomic mass is 10.5. The van der Waals surface area contributed by atoms with Crippen LogP contribution < -0.4 is 0 Å². The number of thioether (sulfide) groups is 1. The summed E-state index contributed by atoms with van der Waals surface area (Å²) in [6.07, 6.45) is 0. The molecule has 0 saturated heterocycles. The van der Waals surface area contributed by atoms with Gasteiger partial charge in [0.2, 0.25) is 0 Å². The van der Waals surface area contributed by atoms with Gasteiger partial charge in [-0.1, -0.05) is 6.92 Å². The van der Waals surface area contributed by atoms with Crippen molar-refractivity contribution < 1.29 is 4.79 Å². The van der Waals surface area contributed by atoms with Gasteiger partial charge in [-0.25, -0.2) is 4.79 Å². The molecule has 0 radical (unpaired) electrons. The first-order valence-corrected chi connectivity index (χ1v) is 4.03. The van der Waals surface area contributed by atoms with E-state index < -0.39 is 0 Å². The molecule has 1 heterocycles. The molecule has 1 rings (SSSR count).